The molecule has 6 heteroatoms. The Morgan fingerprint density at radius 2 is 1.96 bits per heavy atom. The van der Waals surface area contributed by atoms with Crippen molar-refractivity contribution in [2.75, 3.05) is 0 Å². The summed E-state index contributed by atoms with van der Waals surface area (Å²) in [4.78, 5) is 16.5. The number of carbonyl (C=O) groups excluding carboxylic acids is 1. The maximum absolute atomic E-state index is 12.3. The van der Waals surface area contributed by atoms with E-state index in [0.717, 1.165) is 35.8 Å². The number of thioether (sulfide) groups is 1. The lowest BCUT2D eigenvalue weighted by molar-refractivity contribution is -0.119. The van der Waals surface area contributed by atoms with Gasteiger partial charge in [0.05, 0.1) is 11.8 Å². The Morgan fingerprint density at radius 3 is 2.73 bits per heavy atom. The monoisotopic (exact) mass is 364 g/mol. The minimum Gasteiger partial charge on any atom is -0.298 e. The zero-order valence-corrected chi connectivity index (χ0v) is 15.2. The van der Waals surface area contributed by atoms with Crippen LogP contribution in [-0.4, -0.2) is 30.8 Å². The van der Waals surface area contributed by atoms with Crippen molar-refractivity contribution in [1.29, 1.82) is 0 Å². The molecule has 0 spiro atoms. The number of rotatable bonds is 5. The van der Waals surface area contributed by atoms with Crippen LogP contribution in [0.5, 0.6) is 0 Å². The third kappa shape index (κ3) is 3.70. The maximum Gasteiger partial charge on any atom is 0.192 e. The van der Waals surface area contributed by atoms with Crippen LogP contribution in [0, 0.1) is 0 Å². The number of benzene rings is 1. The van der Waals surface area contributed by atoms with Gasteiger partial charge in [0.25, 0.3) is 0 Å². The fourth-order valence-corrected chi connectivity index (χ4v) is 4.35. The summed E-state index contributed by atoms with van der Waals surface area (Å²) < 4.78 is 2.10. The Kier molecular flexibility index (Phi) is 5.11. The van der Waals surface area contributed by atoms with Crippen molar-refractivity contribution in [2.45, 2.75) is 42.6 Å². The highest BCUT2D eigenvalue weighted by atomic mass is 32.2. The van der Waals surface area contributed by atoms with Crippen molar-refractivity contribution in [3.8, 4) is 11.4 Å². The van der Waals surface area contributed by atoms with E-state index in [1.165, 1.54) is 5.56 Å². The molecule has 1 aliphatic rings. The molecule has 2 heterocycles. The molecule has 0 aliphatic heterocycles. The molecule has 0 bridgehead atoms. The molecule has 1 aliphatic carbocycles. The predicted octanol–water partition coefficient (Wildman–Crippen LogP) is 3.99. The summed E-state index contributed by atoms with van der Waals surface area (Å²) in [5.41, 5.74) is 2.10. The normalized spacial score (nSPS) is 17.4. The van der Waals surface area contributed by atoms with Crippen LogP contribution in [0.1, 0.15) is 31.2 Å². The molecule has 0 saturated heterocycles. The summed E-state index contributed by atoms with van der Waals surface area (Å²) in [5.74, 6) is 1.12. The maximum atomic E-state index is 12.3. The van der Waals surface area contributed by atoms with E-state index in [1.807, 2.05) is 30.3 Å². The van der Waals surface area contributed by atoms with Crippen molar-refractivity contribution < 1.29 is 4.79 Å². The first-order valence-electron chi connectivity index (χ1n) is 8.88. The number of aromatic nitrogens is 4. The number of ketones is 1. The van der Waals surface area contributed by atoms with Gasteiger partial charge in [-0.3, -0.25) is 14.3 Å². The third-order valence-corrected chi connectivity index (χ3v) is 5.86. The van der Waals surface area contributed by atoms with Gasteiger partial charge in [-0.1, -0.05) is 48.5 Å². The summed E-state index contributed by atoms with van der Waals surface area (Å²) in [5, 5.41) is 9.62. The van der Waals surface area contributed by atoms with Gasteiger partial charge in [-0.25, -0.2) is 0 Å². The largest absolute Gasteiger partial charge is 0.298 e. The Hall–Kier alpha value is -2.47. The van der Waals surface area contributed by atoms with Crippen molar-refractivity contribution in [1.82, 2.24) is 19.7 Å². The third-order valence-electron chi connectivity index (χ3n) is 4.57. The van der Waals surface area contributed by atoms with E-state index in [4.69, 9.17) is 0 Å². The van der Waals surface area contributed by atoms with Gasteiger partial charge >= 0.3 is 0 Å². The topological polar surface area (TPSA) is 60.7 Å². The van der Waals surface area contributed by atoms with Crippen molar-refractivity contribution in [2.24, 2.45) is 0 Å². The molecule has 4 rings (SSSR count). The summed E-state index contributed by atoms with van der Waals surface area (Å²) >= 11 is 1.55. The minimum atomic E-state index is -0.00998. The number of Topliss-reactive ketones (excluding diaryl/α,β-unsaturated/α-hetero) is 1. The summed E-state index contributed by atoms with van der Waals surface area (Å²) in [7, 11) is 0. The molecule has 1 aromatic carbocycles. The smallest absolute Gasteiger partial charge is 0.192 e. The predicted molar refractivity (Wildman–Crippen MR) is 102 cm³/mol. The first kappa shape index (κ1) is 17.0. The molecule has 132 valence electrons. The van der Waals surface area contributed by atoms with Gasteiger partial charge in [0.2, 0.25) is 0 Å². The molecule has 0 N–H and O–H groups in total. The molecule has 1 unspecified atom stereocenters. The zero-order chi connectivity index (χ0) is 17.8. The first-order valence-corrected chi connectivity index (χ1v) is 9.76. The molecule has 0 radical (unpaired) electrons. The SMILES string of the molecule is O=C1CCCCC1Sc1nnc(-c2cccnc2)n1Cc1ccccc1. The number of nitrogens with zero attached hydrogens (tertiary/aromatic N) is 4. The molecule has 0 amide bonds. The van der Waals surface area contributed by atoms with Gasteiger partial charge < -0.3 is 0 Å². The van der Waals surface area contributed by atoms with Crippen LogP contribution in [-0.2, 0) is 11.3 Å². The average molecular weight is 364 g/mol. The van der Waals surface area contributed by atoms with E-state index in [1.54, 1.807) is 24.2 Å². The van der Waals surface area contributed by atoms with E-state index in [2.05, 4.69) is 31.9 Å². The van der Waals surface area contributed by atoms with E-state index < -0.39 is 0 Å². The minimum absolute atomic E-state index is 0.00998. The molecule has 1 atom stereocenters. The lowest BCUT2D eigenvalue weighted by Gasteiger charge is -2.20. The second-order valence-electron chi connectivity index (χ2n) is 6.44. The summed E-state index contributed by atoms with van der Waals surface area (Å²) in [6, 6.07) is 14.1. The molecule has 2 aromatic heterocycles. The highest BCUT2D eigenvalue weighted by Crippen LogP contribution is 2.33. The van der Waals surface area contributed by atoms with E-state index in [9.17, 15) is 4.79 Å². The van der Waals surface area contributed by atoms with E-state index in [-0.39, 0.29) is 5.25 Å². The summed E-state index contributed by atoms with van der Waals surface area (Å²) in [6.07, 6.45) is 7.26. The fraction of sp³-hybridized carbons (Fsp3) is 0.300. The molecule has 26 heavy (non-hydrogen) atoms. The zero-order valence-electron chi connectivity index (χ0n) is 14.4. The quantitative estimate of drug-likeness (QED) is 0.685. The second kappa shape index (κ2) is 7.83. The van der Waals surface area contributed by atoms with Crippen LogP contribution in [0.4, 0.5) is 0 Å². The van der Waals surface area contributed by atoms with Crippen LogP contribution in [0.3, 0.4) is 0 Å². The van der Waals surface area contributed by atoms with Crippen LogP contribution in [0.15, 0.2) is 60.0 Å². The molecule has 1 saturated carbocycles. The Balaban J connectivity index is 1.69. The van der Waals surface area contributed by atoms with E-state index in [0.29, 0.717) is 18.7 Å². The highest BCUT2D eigenvalue weighted by Gasteiger charge is 2.26. The lowest BCUT2D eigenvalue weighted by Crippen LogP contribution is -2.22. The van der Waals surface area contributed by atoms with Crippen LogP contribution in [0.25, 0.3) is 11.4 Å². The number of hydrogen-bond donors (Lipinski definition) is 0. The first-order chi connectivity index (χ1) is 12.8. The van der Waals surface area contributed by atoms with Crippen LogP contribution >= 0.6 is 11.8 Å². The average Bonchev–Trinajstić information content (AvgIpc) is 3.07. The molecule has 5 nitrogen and oxygen atoms in total. The van der Waals surface area contributed by atoms with Crippen molar-refractivity contribution >= 4 is 17.5 Å². The number of carbonyl (C=O) groups is 1. The van der Waals surface area contributed by atoms with Gasteiger partial charge in [-0.05, 0) is 30.5 Å². The second-order valence-corrected chi connectivity index (χ2v) is 7.61. The van der Waals surface area contributed by atoms with Crippen molar-refractivity contribution in [3.63, 3.8) is 0 Å². The molecular formula is C20H20N4OS. The van der Waals surface area contributed by atoms with Crippen LogP contribution in [0.2, 0.25) is 0 Å². The Morgan fingerprint density at radius 1 is 1.08 bits per heavy atom. The van der Waals surface area contributed by atoms with Gasteiger partial charge in [-0.2, -0.15) is 0 Å². The van der Waals surface area contributed by atoms with Crippen molar-refractivity contribution in [3.05, 3.63) is 60.4 Å². The Labute approximate surface area is 156 Å². The summed E-state index contributed by atoms with van der Waals surface area (Å²) in [6.45, 7) is 0.668. The number of pyridine rings is 1. The van der Waals surface area contributed by atoms with Gasteiger partial charge in [0.1, 0.15) is 5.78 Å². The Bertz CT molecular complexity index is 879. The molecular weight excluding hydrogens is 344 g/mol. The standard InChI is InChI=1S/C20H20N4OS/c25-17-10-4-5-11-18(17)26-20-23-22-19(16-9-6-12-21-13-16)24(20)14-15-7-2-1-3-8-15/h1-3,6-9,12-13,18H,4-5,10-11,14H2. The van der Waals surface area contributed by atoms with Gasteiger partial charge in [0, 0.05) is 24.4 Å². The van der Waals surface area contributed by atoms with Gasteiger partial charge in [-0.15, -0.1) is 10.2 Å². The molecule has 1 fully saturated rings. The van der Waals surface area contributed by atoms with E-state index >= 15 is 0 Å². The van der Waals surface area contributed by atoms with Gasteiger partial charge in [0.15, 0.2) is 11.0 Å². The lowest BCUT2D eigenvalue weighted by atomic mass is 9.99. The number of hydrogen-bond acceptors (Lipinski definition) is 5. The molecule has 3 aromatic rings. The highest BCUT2D eigenvalue weighted by molar-refractivity contribution is 8.00. The fourth-order valence-electron chi connectivity index (χ4n) is 3.20. The van der Waals surface area contributed by atoms with Crippen LogP contribution < -0.4 is 0 Å².